The lowest BCUT2D eigenvalue weighted by Gasteiger charge is -2.08. The summed E-state index contributed by atoms with van der Waals surface area (Å²) in [5, 5.41) is 2.81. The molecule has 0 saturated heterocycles. The van der Waals surface area contributed by atoms with Gasteiger partial charge in [-0.15, -0.1) is 11.3 Å². The standard InChI is InChI=1S/C52H32N2OS/c1-2-9-33(10-3-1)34-19-21-35(22-20-34)38-11-6-13-40(29-38)41-27-28-48-46(31-41)50-52(56-48)49(53-32-54-50)42-14-7-12-39(30-42)36-23-25-37(26-24-36)43-16-8-17-45-44-15-4-5-18-47(44)55-51(43)45/h1-32H/i1D,2D,3D,6D,9D,10D,11D,13D,19D,20D,21D,22D,29D. The van der Waals surface area contributed by atoms with Crippen molar-refractivity contribution in [1.82, 2.24) is 9.97 Å². The third-order valence-corrected chi connectivity index (χ3v) is 11.0. The van der Waals surface area contributed by atoms with Gasteiger partial charge in [-0.05, 0) is 80.4 Å². The maximum Gasteiger partial charge on any atom is 0.143 e. The molecule has 0 saturated carbocycles. The van der Waals surface area contributed by atoms with Crippen molar-refractivity contribution in [2.24, 2.45) is 0 Å². The average Bonchev–Trinajstić information content (AvgIpc) is 3.94. The molecule has 8 aromatic carbocycles. The van der Waals surface area contributed by atoms with Gasteiger partial charge in [0.15, 0.2) is 0 Å². The SMILES string of the molecule is [2H]c1c([2H])c([2H])c(-c2c([2H])c([2H])c(-c3c([2H])c([2H])c([2H])c(-c4ccc5sc6c(-c7cccc(-c8ccc(-c9cccc%10c9oc9ccccc9%10)cc8)c7)ncnc6c5c4)c3[2H])c([2H])c2[2H])c([2H])c1[2H]. The van der Waals surface area contributed by atoms with Crippen molar-refractivity contribution in [3.8, 4) is 66.9 Å². The summed E-state index contributed by atoms with van der Waals surface area (Å²) < 4.78 is 121. The molecule has 3 heterocycles. The van der Waals surface area contributed by atoms with Gasteiger partial charge in [-0.2, -0.15) is 0 Å². The first kappa shape index (κ1) is 21.7. The van der Waals surface area contributed by atoms with E-state index >= 15 is 0 Å². The highest BCUT2D eigenvalue weighted by atomic mass is 32.1. The zero-order valence-corrected chi connectivity index (χ0v) is 30.0. The normalized spacial score (nSPS) is 14.8. The summed E-state index contributed by atoms with van der Waals surface area (Å²) in [5.74, 6) is 0. The van der Waals surface area contributed by atoms with E-state index in [4.69, 9.17) is 25.9 Å². The van der Waals surface area contributed by atoms with Crippen LogP contribution in [0.2, 0.25) is 0 Å². The molecule has 3 aromatic heterocycles. The van der Waals surface area contributed by atoms with Crippen LogP contribution in [-0.2, 0) is 0 Å². The van der Waals surface area contributed by atoms with Gasteiger partial charge in [0.1, 0.15) is 17.5 Å². The van der Waals surface area contributed by atoms with Crippen molar-refractivity contribution in [3.05, 3.63) is 194 Å². The van der Waals surface area contributed by atoms with E-state index in [1.165, 1.54) is 17.7 Å². The summed E-state index contributed by atoms with van der Waals surface area (Å²) in [6.45, 7) is 0. The van der Waals surface area contributed by atoms with Crippen molar-refractivity contribution in [2.75, 3.05) is 0 Å². The molecule has 262 valence electrons. The van der Waals surface area contributed by atoms with Gasteiger partial charge in [0, 0.05) is 32.0 Å². The molecule has 0 fully saturated rings. The maximum atomic E-state index is 9.41. The minimum atomic E-state index is -0.760. The molecular formula is C52H32N2OS. The van der Waals surface area contributed by atoms with Crippen LogP contribution in [0.5, 0.6) is 0 Å². The Bertz CT molecular complexity index is 3960. The van der Waals surface area contributed by atoms with Crippen molar-refractivity contribution >= 4 is 53.6 Å². The number of rotatable bonds is 6. The smallest absolute Gasteiger partial charge is 0.143 e. The number of hydrogen-bond donors (Lipinski definition) is 0. The largest absolute Gasteiger partial charge is 0.455 e. The van der Waals surface area contributed by atoms with Crippen molar-refractivity contribution in [3.63, 3.8) is 0 Å². The Morgan fingerprint density at radius 2 is 1.12 bits per heavy atom. The Labute approximate surface area is 346 Å². The molecule has 3 nitrogen and oxygen atoms in total. The number of furan rings is 1. The van der Waals surface area contributed by atoms with E-state index in [0.29, 0.717) is 22.2 Å². The third kappa shape index (κ3) is 5.58. The van der Waals surface area contributed by atoms with Gasteiger partial charge in [0.25, 0.3) is 0 Å². The van der Waals surface area contributed by atoms with Crippen LogP contribution in [0.25, 0.3) is 109 Å². The zero-order valence-electron chi connectivity index (χ0n) is 42.2. The first-order valence-corrected chi connectivity index (χ1v) is 18.5. The second kappa shape index (κ2) is 13.3. The van der Waals surface area contributed by atoms with Crippen LogP contribution in [0.3, 0.4) is 0 Å². The molecular weight excluding hydrogens is 701 g/mol. The molecule has 0 unspecified atom stereocenters. The number of benzene rings is 8. The van der Waals surface area contributed by atoms with Crippen LogP contribution in [0.1, 0.15) is 17.8 Å². The van der Waals surface area contributed by atoms with E-state index < -0.39 is 101 Å². The lowest BCUT2D eigenvalue weighted by molar-refractivity contribution is 0.670. The lowest BCUT2D eigenvalue weighted by Crippen LogP contribution is -1.87. The minimum Gasteiger partial charge on any atom is -0.455 e. The van der Waals surface area contributed by atoms with E-state index in [1.807, 2.05) is 48.5 Å². The fourth-order valence-electron chi connectivity index (χ4n) is 7.15. The molecule has 11 aromatic rings. The van der Waals surface area contributed by atoms with E-state index in [-0.39, 0.29) is 5.56 Å². The van der Waals surface area contributed by atoms with Crippen LogP contribution in [0.15, 0.2) is 198 Å². The molecule has 0 radical (unpaired) electrons. The summed E-state index contributed by atoms with van der Waals surface area (Å²) >= 11 is 1.47. The topological polar surface area (TPSA) is 38.9 Å². The van der Waals surface area contributed by atoms with Crippen molar-refractivity contribution in [2.45, 2.75) is 0 Å². The Morgan fingerprint density at radius 1 is 0.464 bits per heavy atom. The predicted octanol–water partition coefficient (Wildman–Crippen LogP) is 14.7. The molecule has 0 amide bonds. The second-order valence-corrected chi connectivity index (χ2v) is 14.2. The van der Waals surface area contributed by atoms with E-state index in [2.05, 4.69) is 53.5 Å². The van der Waals surface area contributed by atoms with Gasteiger partial charge in [-0.25, -0.2) is 9.97 Å². The molecule has 11 rings (SSSR count). The molecule has 0 spiro atoms. The zero-order chi connectivity index (χ0) is 48.3. The molecule has 56 heavy (non-hydrogen) atoms. The number of thiophene rings is 1. The highest BCUT2D eigenvalue weighted by Gasteiger charge is 2.16. The number of nitrogens with zero attached hydrogens (tertiary/aromatic N) is 2. The summed E-state index contributed by atoms with van der Waals surface area (Å²) in [6.07, 6.45) is 1.48. The van der Waals surface area contributed by atoms with Gasteiger partial charge in [-0.1, -0.05) is 157 Å². The van der Waals surface area contributed by atoms with E-state index in [9.17, 15) is 1.37 Å². The first-order valence-electron chi connectivity index (χ1n) is 24.2. The molecule has 4 heteroatoms. The summed E-state index contributed by atoms with van der Waals surface area (Å²) in [7, 11) is 0. The van der Waals surface area contributed by atoms with Gasteiger partial charge in [0.05, 0.1) is 33.7 Å². The second-order valence-electron chi connectivity index (χ2n) is 13.2. The monoisotopic (exact) mass is 745 g/mol. The predicted molar refractivity (Wildman–Crippen MR) is 235 cm³/mol. The van der Waals surface area contributed by atoms with Crippen molar-refractivity contribution < 1.29 is 22.2 Å². The third-order valence-electron chi connectivity index (χ3n) is 9.86. The molecule has 0 aliphatic heterocycles. The Balaban J connectivity index is 0.978. The fourth-order valence-corrected chi connectivity index (χ4v) is 8.30. The number of fused-ring (bicyclic) bond motifs is 6. The van der Waals surface area contributed by atoms with Crippen LogP contribution in [-0.4, -0.2) is 9.97 Å². The van der Waals surface area contributed by atoms with Crippen LogP contribution in [0, 0.1) is 0 Å². The average molecular weight is 746 g/mol. The summed E-state index contributed by atoms with van der Waals surface area (Å²) in [6, 6.07) is 27.1. The highest BCUT2D eigenvalue weighted by molar-refractivity contribution is 7.26. The molecule has 0 aliphatic rings. The van der Waals surface area contributed by atoms with Gasteiger partial charge in [-0.3, -0.25) is 0 Å². The molecule has 0 N–H and O–H groups in total. The Morgan fingerprint density at radius 3 is 1.98 bits per heavy atom. The van der Waals surface area contributed by atoms with E-state index in [1.54, 1.807) is 12.1 Å². The summed E-state index contributed by atoms with van der Waals surface area (Å²) in [4.78, 5) is 9.40. The lowest BCUT2D eigenvalue weighted by atomic mass is 9.96. The Hall–Kier alpha value is -7.14. The van der Waals surface area contributed by atoms with Gasteiger partial charge >= 0.3 is 0 Å². The van der Waals surface area contributed by atoms with Crippen molar-refractivity contribution in [1.29, 1.82) is 0 Å². The molecule has 0 bridgehead atoms. The molecule has 0 aliphatic carbocycles. The van der Waals surface area contributed by atoms with Gasteiger partial charge in [0.2, 0.25) is 0 Å². The van der Waals surface area contributed by atoms with Gasteiger partial charge < -0.3 is 4.42 Å². The highest BCUT2D eigenvalue weighted by Crippen LogP contribution is 2.41. The maximum absolute atomic E-state index is 9.41. The van der Waals surface area contributed by atoms with Crippen LogP contribution < -0.4 is 0 Å². The minimum absolute atomic E-state index is 0.0823. The number of para-hydroxylation sites is 2. The van der Waals surface area contributed by atoms with Crippen LogP contribution in [0.4, 0.5) is 0 Å². The number of hydrogen-bond acceptors (Lipinski definition) is 4. The Kier molecular flexibility index (Phi) is 5.15. The number of aromatic nitrogens is 2. The molecule has 0 atom stereocenters. The fraction of sp³-hybridized carbons (Fsp3) is 0. The quantitative estimate of drug-likeness (QED) is 0.170. The summed E-state index contributed by atoms with van der Waals surface area (Å²) in [5.41, 5.74) is 6.11. The van der Waals surface area contributed by atoms with E-state index in [0.717, 1.165) is 59.2 Å². The van der Waals surface area contributed by atoms with Crippen LogP contribution >= 0.6 is 11.3 Å². The first-order chi connectivity index (χ1) is 33.2.